The number of hydrogen-bond donors (Lipinski definition) is 4. The van der Waals surface area contributed by atoms with E-state index in [0.717, 1.165) is 19.9 Å². The summed E-state index contributed by atoms with van der Waals surface area (Å²) in [6, 6.07) is 16.9. The van der Waals surface area contributed by atoms with Gasteiger partial charge in [0.05, 0.1) is 22.6 Å². The van der Waals surface area contributed by atoms with Crippen molar-refractivity contribution in [2.45, 2.75) is 5.92 Å². The fourth-order valence-corrected chi connectivity index (χ4v) is 4.61. The van der Waals surface area contributed by atoms with Gasteiger partial charge in [0.1, 0.15) is 17.3 Å². The topological polar surface area (TPSA) is 143 Å². The quantitative estimate of drug-likeness (QED) is 0.298. The van der Waals surface area contributed by atoms with Gasteiger partial charge >= 0.3 is 5.69 Å². The third-order valence-corrected chi connectivity index (χ3v) is 6.47. The Morgan fingerprint density at radius 2 is 1.51 bits per heavy atom. The maximum absolute atomic E-state index is 13.5. The molecular formula is C26H22N4O5. The molecule has 1 unspecified atom stereocenters. The molecule has 0 fully saturated rings. The van der Waals surface area contributed by atoms with E-state index in [1.807, 2.05) is 30.3 Å². The zero-order valence-electron chi connectivity index (χ0n) is 18.9. The number of benzene rings is 3. The smallest absolute Gasteiger partial charge is 0.332 e. The maximum Gasteiger partial charge on any atom is 0.332 e. The summed E-state index contributed by atoms with van der Waals surface area (Å²) in [5, 5.41) is 23.3. The number of aromatic nitrogens is 3. The van der Waals surface area contributed by atoms with Gasteiger partial charge in [0.25, 0.3) is 11.1 Å². The average Bonchev–Trinajstić information content (AvgIpc) is 2.86. The van der Waals surface area contributed by atoms with Crippen LogP contribution in [0.1, 0.15) is 22.6 Å². The number of aromatic amines is 1. The number of hydrogen-bond acceptors (Lipinski definition) is 6. The van der Waals surface area contributed by atoms with Crippen LogP contribution < -0.4 is 22.5 Å². The number of nitrogen functional groups attached to an aromatic ring is 1. The van der Waals surface area contributed by atoms with Crippen molar-refractivity contribution in [3.63, 3.8) is 0 Å². The number of anilines is 1. The highest BCUT2D eigenvalue weighted by atomic mass is 16.3. The standard InChI is InChI=1S/C26H22N4O5/c1-29-23(27)20(25(34)30(2)26(29)35)18(14-7-10-15(31)11-8-14)19-22(32)17-12-9-13-5-3-4-6-16(13)21(17)28-24(19)33/h3-12,18,31H,27H2,1-2H3,(H2,28,32,33). The van der Waals surface area contributed by atoms with Crippen molar-refractivity contribution < 1.29 is 10.2 Å². The number of pyridine rings is 1. The Labute approximate surface area is 197 Å². The van der Waals surface area contributed by atoms with Gasteiger partial charge in [-0.2, -0.15) is 0 Å². The van der Waals surface area contributed by atoms with E-state index in [0.29, 0.717) is 16.5 Å². The first-order valence-electron chi connectivity index (χ1n) is 10.8. The van der Waals surface area contributed by atoms with Gasteiger partial charge in [-0.1, -0.05) is 42.5 Å². The van der Waals surface area contributed by atoms with Gasteiger partial charge in [-0.25, -0.2) is 4.79 Å². The van der Waals surface area contributed by atoms with Crippen LogP contribution in [0, 0.1) is 0 Å². The van der Waals surface area contributed by atoms with Gasteiger partial charge in [-0.3, -0.25) is 18.7 Å². The third kappa shape index (κ3) is 3.28. The van der Waals surface area contributed by atoms with Crippen LogP contribution in [0.4, 0.5) is 5.82 Å². The summed E-state index contributed by atoms with van der Waals surface area (Å²) < 4.78 is 2.02. The van der Waals surface area contributed by atoms with Crippen LogP contribution in [-0.2, 0) is 14.1 Å². The molecule has 0 radical (unpaired) electrons. The second kappa shape index (κ2) is 7.91. The van der Waals surface area contributed by atoms with E-state index < -0.39 is 22.7 Å². The van der Waals surface area contributed by atoms with Crippen LogP contribution >= 0.6 is 0 Å². The molecule has 9 heteroatoms. The number of rotatable bonds is 3. The van der Waals surface area contributed by atoms with Crippen molar-refractivity contribution in [3.8, 4) is 11.5 Å². The molecule has 0 amide bonds. The van der Waals surface area contributed by atoms with Crippen molar-refractivity contribution in [2.75, 3.05) is 5.73 Å². The number of aromatic hydroxyl groups is 2. The minimum Gasteiger partial charge on any atom is -0.508 e. The number of nitrogens with zero attached hydrogens (tertiary/aromatic N) is 2. The number of nitrogens with two attached hydrogens (primary N) is 1. The van der Waals surface area contributed by atoms with Crippen LogP contribution in [-0.4, -0.2) is 24.3 Å². The van der Waals surface area contributed by atoms with Gasteiger partial charge in [0.2, 0.25) is 0 Å². The van der Waals surface area contributed by atoms with Crippen molar-refractivity contribution >= 4 is 27.5 Å². The molecule has 5 aromatic rings. The molecule has 0 aliphatic carbocycles. The lowest BCUT2D eigenvalue weighted by Gasteiger charge is -2.22. The Kier molecular flexibility index (Phi) is 4.98. The molecule has 5 rings (SSSR count). The van der Waals surface area contributed by atoms with Gasteiger partial charge in [0.15, 0.2) is 0 Å². The van der Waals surface area contributed by atoms with Crippen LogP contribution in [0.5, 0.6) is 11.5 Å². The second-order valence-electron chi connectivity index (χ2n) is 8.45. The molecule has 0 aliphatic rings. The lowest BCUT2D eigenvalue weighted by molar-refractivity contribution is 0.471. The number of phenols is 1. The first-order chi connectivity index (χ1) is 16.7. The molecule has 5 N–H and O–H groups in total. The lowest BCUT2D eigenvalue weighted by Crippen LogP contribution is -2.41. The molecule has 176 valence electrons. The summed E-state index contributed by atoms with van der Waals surface area (Å²) in [6.45, 7) is 0. The third-order valence-electron chi connectivity index (χ3n) is 6.47. The zero-order valence-corrected chi connectivity index (χ0v) is 18.9. The number of phenolic OH excluding ortho intramolecular Hbond substituents is 1. The highest BCUT2D eigenvalue weighted by molar-refractivity contribution is 6.07. The van der Waals surface area contributed by atoms with E-state index in [1.54, 1.807) is 6.07 Å². The molecular weight excluding hydrogens is 448 g/mol. The Bertz CT molecular complexity index is 1810. The molecule has 0 saturated heterocycles. The van der Waals surface area contributed by atoms with Gasteiger partial charge in [-0.15, -0.1) is 0 Å². The second-order valence-corrected chi connectivity index (χ2v) is 8.45. The van der Waals surface area contributed by atoms with Gasteiger partial charge in [0, 0.05) is 24.9 Å². The molecule has 1 atom stereocenters. The first-order valence-corrected chi connectivity index (χ1v) is 10.8. The van der Waals surface area contributed by atoms with Crippen LogP contribution in [0.15, 0.2) is 75.0 Å². The Balaban J connectivity index is 1.93. The first kappa shape index (κ1) is 22.0. The predicted octanol–water partition coefficient (Wildman–Crippen LogP) is 2.25. The molecule has 2 aromatic heterocycles. The number of nitrogens with one attached hydrogen (secondary N) is 1. The summed E-state index contributed by atoms with van der Waals surface area (Å²) >= 11 is 0. The molecule has 0 bridgehead atoms. The summed E-state index contributed by atoms with van der Waals surface area (Å²) in [5.41, 5.74) is 5.07. The van der Waals surface area contributed by atoms with E-state index in [9.17, 15) is 24.6 Å². The van der Waals surface area contributed by atoms with Crippen molar-refractivity contribution in [1.29, 1.82) is 0 Å². The number of H-pyrrole nitrogens is 1. The maximum atomic E-state index is 13.5. The molecule has 2 heterocycles. The van der Waals surface area contributed by atoms with Gasteiger partial charge < -0.3 is 20.9 Å². The molecule has 9 nitrogen and oxygen atoms in total. The van der Waals surface area contributed by atoms with Crippen LogP contribution in [0.2, 0.25) is 0 Å². The zero-order chi connectivity index (χ0) is 25.0. The molecule has 0 saturated carbocycles. The Morgan fingerprint density at radius 3 is 2.23 bits per heavy atom. The average molecular weight is 470 g/mol. The van der Waals surface area contributed by atoms with E-state index >= 15 is 0 Å². The van der Waals surface area contributed by atoms with Crippen molar-refractivity contribution in [2.24, 2.45) is 14.1 Å². The van der Waals surface area contributed by atoms with E-state index in [2.05, 4.69) is 4.98 Å². The summed E-state index contributed by atoms with van der Waals surface area (Å²) in [5.74, 6) is -1.57. The van der Waals surface area contributed by atoms with E-state index in [-0.39, 0.29) is 28.4 Å². The van der Waals surface area contributed by atoms with Crippen LogP contribution in [0.25, 0.3) is 21.7 Å². The molecule has 0 aliphatic heterocycles. The Morgan fingerprint density at radius 1 is 0.829 bits per heavy atom. The normalized spacial score (nSPS) is 12.3. The Hall–Kier alpha value is -4.79. The summed E-state index contributed by atoms with van der Waals surface area (Å²) in [4.78, 5) is 42.1. The van der Waals surface area contributed by atoms with Crippen molar-refractivity contribution in [3.05, 3.63) is 109 Å². The minimum absolute atomic E-state index is 0.0167. The molecule has 3 aromatic carbocycles. The molecule has 0 spiro atoms. The fourth-order valence-electron chi connectivity index (χ4n) is 4.61. The summed E-state index contributed by atoms with van der Waals surface area (Å²) in [6.07, 6.45) is 0. The summed E-state index contributed by atoms with van der Waals surface area (Å²) in [7, 11) is 2.74. The van der Waals surface area contributed by atoms with E-state index in [4.69, 9.17) is 5.73 Å². The largest absolute Gasteiger partial charge is 0.508 e. The van der Waals surface area contributed by atoms with E-state index in [1.165, 1.54) is 38.4 Å². The number of fused-ring (bicyclic) bond motifs is 3. The minimum atomic E-state index is -1.12. The fraction of sp³-hybridized carbons (Fsp3) is 0.115. The highest BCUT2D eigenvalue weighted by Crippen LogP contribution is 2.39. The predicted molar refractivity (Wildman–Crippen MR) is 134 cm³/mol. The SMILES string of the molecule is Cn1c(N)c(C(c2ccc(O)cc2)c2c(O)c3ccc4ccccc4c3[nH]c2=O)c(=O)n(C)c1=O. The molecule has 35 heavy (non-hydrogen) atoms. The monoisotopic (exact) mass is 470 g/mol. The van der Waals surface area contributed by atoms with Gasteiger partial charge in [-0.05, 0) is 29.1 Å². The lowest BCUT2D eigenvalue weighted by atomic mass is 9.85. The van der Waals surface area contributed by atoms with Crippen LogP contribution in [0.3, 0.4) is 0 Å². The van der Waals surface area contributed by atoms with Crippen molar-refractivity contribution in [1.82, 2.24) is 14.1 Å². The highest BCUT2D eigenvalue weighted by Gasteiger charge is 2.31.